The number of ether oxygens (including phenoxy) is 1. The Morgan fingerprint density at radius 2 is 1.87 bits per heavy atom. The van der Waals surface area contributed by atoms with Crippen LogP contribution in [0.25, 0.3) is 0 Å². The van der Waals surface area contributed by atoms with Gasteiger partial charge in [0.1, 0.15) is 5.75 Å². The summed E-state index contributed by atoms with van der Waals surface area (Å²) in [6.45, 7) is 1.79. The van der Waals surface area contributed by atoms with E-state index in [-0.39, 0.29) is 18.3 Å². The maximum absolute atomic E-state index is 12.8. The zero-order valence-electron chi connectivity index (χ0n) is 13.3. The molecule has 5 heteroatoms. The number of carbonyl (C=O) groups is 1. The summed E-state index contributed by atoms with van der Waals surface area (Å²) in [7, 11) is 1.60. The lowest BCUT2D eigenvalue weighted by Gasteiger charge is -2.23. The Balaban J connectivity index is 0.00000264. The van der Waals surface area contributed by atoms with E-state index in [2.05, 4.69) is 0 Å². The van der Waals surface area contributed by atoms with E-state index in [0.717, 1.165) is 12.0 Å². The number of hydrogen-bond acceptors (Lipinski definition) is 3. The van der Waals surface area contributed by atoms with Crippen LogP contribution in [0.4, 0.5) is 0 Å². The van der Waals surface area contributed by atoms with Crippen molar-refractivity contribution in [3.05, 3.63) is 65.7 Å². The van der Waals surface area contributed by atoms with Crippen LogP contribution in [0.1, 0.15) is 22.3 Å². The van der Waals surface area contributed by atoms with E-state index in [4.69, 9.17) is 10.5 Å². The molecule has 0 fully saturated rings. The van der Waals surface area contributed by atoms with Gasteiger partial charge >= 0.3 is 0 Å². The Kier molecular flexibility index (Phi) is 8.16. The van der Waals surface area contributed by atoms with Gasteiger partial charge in [-0.25, -0.2) is 0 Å². The first-order valence-corrected chi connectivity index (χ1v) is 7.42. The predicted molar refractivity (Wildman–Crippen MR) is 95.1 cm³/mol. The summed E-state index contributed by atoms with van der Waals surface area (Å²) in [4.78, 5) is 14.6. The number of hydrogen-bond donors (Lipinski definition) is 1. The van der Waals surface area contributed by atoms with Crippen molar-refractivity contribution < 1.29 is 9.53 Å². The lowest BCUT2D eigenvalue weighted by Crippen LogP contribution is -2.32. The molecule has 0 atom stereocenters. The van der Waals surface area contributed by atoms with E-state index in [1.54, 1.807) is 13.2 Å². The van der Waals surface area contributed by atoms with Crippen molar-refractivity contribution >= 4 is 18.3 Å². The van der Waals surface area contributed by atoms with Crippen LogP contribution in [0, 0.1) is 0 Å². The highest BCUT2D eigenvalue weighted by molar-refractivity contribution is 5.94. The van der Waals surface area contributed by atoms with Crippen LogP contribution in [-0.4, -0.2) is 31.0 Å². The molecule has 2 rings (SSSR count). The van der Waals surface area contributed by atoms with Gasteiger partial charge < -0.3 is 15.4 Å². The van der Waals surface area contributed by atoms with Crippen LogP contribution in [0.5, 0.6) is 5.75 Å². The van der Waals surface area contributed by atoms with E-state index in [1.165, 1.54) is 0 Å². The van der Waals surface area contributed by atoms with Crippen molar-refractivity contribution in [2.75, 3.05) is 20.2 Å². The van der Waals surface area contributed by atoms with Gasteiger partial charge in [-0.1, -0.05) is 36.4 Å². The molecule has 2 aromatic carbocycles. The second-order valence-corrected chi connectivity index (χ2v) is 5.09. The summed E-state index contributed by atoms with van der Waals surface area (Å²) in [5, 5.41) is 0. The molecule has 0 saturated carbocycles. The van der Waals surface area contributed by atoms with Gasteiger partial charge in [0.15, 0.2) is 0 Å². The first kappa shape index (κ1) is 19.0. The molecule has 4 nitrogen and oxygen atoms in total. The van der Waals surface area contributed by atoms with Crippen molar-refractivity contribution in [1.29, 1.82) is 0 Å². The Morgan fingerprint density at radius 3 is 2.52 bits per heavy atom. The van der Waals surface area contributed by atoms with Crippen LogP contribution in [0.15, 0.2) is 54.6 Å². The average molecular weight is 335 g/mol. The second kappa shape index (κ2) is 9.87. The smallest absolute Gasteiger partial charge is 0.254 e. The number of benzene rings is 2. The van der Waals surface area contributed by atoms with E-state index in [9.17, 15) is 4.79 Å². The highest BCUT2D eigenvalue weighted by atomic mass is 35.5. The van der Waals surface area contributed by atoms with Crippen LogP contribution in [0.2, 0.25) is 0 Å². The number of methoxy groups -OCH3 is 1. The average Bonchev–Trinajstić information content (AvgIpc) is 2.59. The van der Waals surface area contributed by atoms with Gasteiger partial charge in [-0.05, 0) is 36.7 Å². The molecule has 1 amide bonds. The Labute approximate surface area is 143 Å². The summed E-state index contributed by atoms with van der Waals surface area (Å²) in [6.07, 6.45) is 0.780. The van der Waals surface area contributed by atoms with Crippen molar-refractivity contribution in [3.63, 3.8) is 0 Å². The minimum absolute atomic E-state index is 0. The van der Waals surface area contributed by atoms with Gasteiger partial charge in [-0.3, -0.25) is 4.79 Å². The molecule has 0 spiro atoms. The lowest BCUT2D eigenvalue weighted by atomic mass is 10.1. The fourth-order valence-electron chi connectivity index (χ4n) is 2.28. The third-order valence-corrected chi connectivity index (χ3v) is 3.45. The number of nitrogens with two attached hydrogens (primary N) is 1. The third kappa shape index (κ3) is 5.58. The minimum atomic E-state index is -0.00352. The molecule has 124 valence electrons. The number of carbonyl (C=O) groups excluding carboxylic acids is 1. The molecule has 0 saturated heterocycles. The molecular formula is C18H23ClN2O2. The maximum atomic E-state index is 12.8. The van der Waals surface area contributed by atoms with Crippen molar-refractivity contribution in [2.24, 2.45) is 5.73 Å². The maximum Gasteiger partial charge on any atom is 0.254 e. The fourth-order valence-corrected chi connectivity index (χ4v) is 2.28. The third-order valence-electron chi connectivity index (χ3n) is 3.45. The molecule has 0 aliphatic carbocycles. The van der Waals surface area contributed by atoms with Gasteiger partial charge in [-0.2, -0.15) is 0 Å². The number of rotatable bonds is 7. The molecule has 0 bridgehead atoms. The highest BCUT2D eigenvalue weighted by Crippen LogP contribution is 2.16. The molecule has 0 aliphatic heterocycles. The van der Waals surface area contributed by atoms with Crippen molar-refractivity contribution in [2.45, 2.75) is 13.0 Å². The van der Waals surface area contributed by atoms with Crippen LogP contribution < -0.4 is 10.5 Å². The summed E-state index contributed by atoms with van der Waals surface area (Å²) in [5.41, 5.74) is 7.34. The van der Waals surface area contributed by atoms with E-state index in [1.807, 2.05) is 53.4 Å². The first-order chi connectivity index (χ1) is 10.7. The summed E-state index contributed by atoms with van der Waals surface area (Å²) in [5.74, 6) is 0.681. The molecule has 0 aliphatic rings. The molecule has 23 heavy (non-hydrogen) atoms. The molecule has 0 heterocycles. The van der Waals surface area contributed by atoms with Crippen LogP contribution in [0.3, 0.4) is 0 Å². The van der Waals surface area contributed by atoms with E-state index in [0.29, 0.717) is 30.9 Å². The standard InChI is InChI=1S/C18H22N2O2.ClH/c1-22-17-10-5-9-16(13-17)18(21)20(12-6-11-19)14-15-7-3-2-4-8-15;/h2-5,7-10,13H,6,11-12,14,19H2,1H3;1H. The molecule has 2 N–H and O–H groups in total. The Bertz CT molecular complexity index is 605. The van der Waals surface area contributed by atoms with Crippen molar-refractivity contribution in [3.8, 4) is 5.75 Å². The van der Waals surface area contributed by atoms with Crippen LogP contribution in [-0.2, 0) is 6.54 Å². The topological polar surface area (TPSA) is 55.6 Å². The zero-order chi connectivity index (χ0) is 15.8. The monoisotopic (exact) mass is 334 g/mol. The summed E-state index contributed by atoms with van der Waals surface area (Å²) in [6, 6.07) is 17.2. The quantitative estimate of drug-likeness (QED) is 0.846. The van der Waals surface area contributed by atoms with Gasteiger partial charge in [-0.15, -0.1) is 12.4 Å². The fraction of sp³-hybridized carbons (Fsp3) is 0.278. The van der Waals surface area contributed by atoms with Crippen molar-refractivity contribution in [1.82, 2.24) is 4.90 Å². The number of nitrogens with zero attached hydrogens (tertiary/aromatic N) is 1. The molecular weight excluding hydrogens is 312 g/mol. The Morgan fingerprint density at radius 1 is 1.13 bits per heavy atom. The van der Waals surface area contributed by atoms with Gasteiger partial charge in [0.05, 0.1) is 7.11 Å². The van der Waals surface area contributed by atoms with Crippen LogP contribution >= 0.6 is 12.4 Å². The SMILES string of the molecule is COc1cccc(C(=O)N(CCCN)Cc2ccccc2)c1.Cl. The van der Waals surface area contributed by atoms with Gasteiger partial charge in [0.2, 0.25) is 0 Å². The summed E-state index contributed by atoms with van der Waals surface area (Å²) >= 11 is 0. The van der Waals surface area contributed by atoms with Gasteiger partial charge in [0.25, 0.3) is 5.91 Å². The highest BCUT2D eigenvalue weighted by Gasteiger charge is 2.16. The van der Waals surface area contributed by atoms with E-state index < -0.39 is 0 Å². The molecule has 0 unspecified atom stereocenters. The summed E-state index contributed by atoms with van der Waals surface area (Å²) < 4.78 is 5.19. The lowest BCUT2D eigenvalue weighted by molar-refractivity contribution is 0.0742. The molecule has 2 aromatic rings. The first-order valence-electron chi connectivity index (χ1n) is 7.42. The Hall–Kier alpha value is -2.04. The minimum Gasteiger partial charge on any atom is -0.497 e. The largest absolute Gasteiger partial charge is 0.497 e. The predicted octanol–water partition coefficient (Wildman–Crippen LogP) is 3.11. The molecule has 0 radical (unpaired) electrons. The molecule has 0 aromatic heterocycles. The number of amides is 1. The van der Waals surface area contributed by atoms with E-state index >= 15 is 0 Å². The van der Waals surface area contributed by atoms with Gasteiger partial charge in [0, 0.05) is 18.7 Å². The normalized spacial score (nSPS) is 9.83. The zero-order valence-corrected chi connectivity index (χ0v) is 14.1. The second-order valence-electron chi connectivity index (χ2n) is 5.09. The number of halogens is 1.